The molecule has 1 N–H and O–H groups in total. The lowest BCUT2D eigenvalue weighted by Crippen LogP contribution is -2.23. The number of benzene rings is 7. The van der Waals surface area contributed by atoms with E-state index in [1.807, 2.05) is 18.2 Å². The third-order valence-electron chi connectivity index (χ3n) is 8.20. The number of fused-ring (bicyclic) bond motifs is 6. The Morgan fingerprint density at radius 3 is 1.90 bits per heavy atom. The lowest BCUT2D eigenvalue weighted by molar-refractivity contribution is 1.12. The number of allylic oxidation sites excluding steroid dienone is 1. The first-order valence-corrected chi connectivity index (χ1v) is 14.3. The normalized spacial score (nSPS) is 13.7. The summed E-state index contributed by atoms with van der Waals surface area (Å²) in [5.41, 5.74) is 4.95. The van der Waals surface area contributed by atoms with Crippen LogP contribution in [0.4, 0.5) is 0 Å². The van der Waals surface area contributed by atoms with E-state index in [0.29, 0.717) is 5.84 Å². The van der Waals surface area contributed by atoms with Crippen molar-refractivity contribution in [3.8, 4) is 0 Å². The van der Waals surface area contributed by atoms with Crippen LogP contribution in [0.15, 0.2) is 155 Å². The van der Waals surface area contributed by atoms with Crippen LogP contribution < -0.4 is 5.32 Å². The molecule has 0 saturated heterocycles. The molecule has 3 nitrogen and oxygen atoms in total. The van der Waals surface area contributed by atoms with Crippen LogP contribution in [0.3, 0.4) is 0 Å². The first-order valence-electron chi connectivity index (χ1n) is 14.3. The second kappa shape index (κ2) is 9.83. The van der Waals surface area contributed by atoms with E-state index in [-0.39, 0.29) is 0 Å². The zero-order chi connectivity index (χ0) is 28.0. The van der Waals surface area contributed by atoms with Crippen molar-refractivity contribution in [1.82, 2.24) is 5.32 Å². The first-order chi connectivity index (χ1) is 20.7. The van der Waals surface area contributed by atoms with Gasteiger partial charge in [-0.05, 0) is 44.6 Å². The minimum absolute atomic E-state index is 0.687. The zero-order valence-electron chi connectivity index (χ0n) is 23.2. The van der Waals surface area contributed by atoms with Crippen LogP contribution in [0.1, 0.15) is 23.6 Å². The summed E-state index contributed by atoms with van der Waals surface area (Å²) in [6.45, 7) is 2.09. The van der Waals surface area contributed by atoms with Gasteiger partial charge in [-0.3, -0.25) is 0 Å². The molecule has 0 aliphatic carbocycles. The van der Waals surface area contributed by atoms with Crippen molar-refractivity contribution in [2.45, 2.75) is 6.92 Å². The van der Waals surface area contributed by atoms with E-state index in [2.05, 4.69) is 134 Å². The van der Waals surface area contributed by atoms with Gasteiger partial charge in [0.25, 0.3) is 0 Å². The summed E-state index contributed by atoms with van der Waals surface area (Å²) in [6.07, 6.45) is 0. The molecular formula is C39H27N3. The van der Waals surface area contributed by atoms with Crippen LogP contribution in [-0.4, -0.2) is 11.7 Å². The number of hydrogen-bond donors (Lipinski definition) is 1. The molecule has 0 saturated carbocycles. The molecule has 8 rings (SSSR count). The van der Waals surface area contributed by atoms with Crippen molar-refractivity contribution >= 4 is 60.5 Å². The highest BCUT2D eigenvalue weighted by molar-refractivity contribution is 6.26. The van der Waals surface area contributed by atoms with Gasteiger partial charge < -0.3 is 5.32 Å². The summed E-state index contributed by atoms with van der Waals surface area (Å²) in [5, 5.41) is 13.2. The topological polar surface area (TPSA) is 36.8 Å². The van der Waals surface area contributed by atoms with Crippen molar-refractivity contribution in [2.75, 3.05) is 0 Å². The van der Waals surface area contributed by atoms with Gasteiger partial charge in [0.05, 0.1) is 5.70 Å². The Morgan fingerprint density at radius 2 is 1.07 bits per heavy atom. The van der Waals surface area contributed by atoms with Crippen LogP contribution in [0.5, 0.6) is 0 Å². The molecule has 0 amide bonds. The molecule has 0 bridgehead atoms. The first kappa shape index (κ1) is 24.3. The van der Waals surface area contributed by atoms with Gasteiger partial charge in [-0.2, -0.15) is 0 Å². The zero-order valence-corrected chi connectivity index (χ0v) is 23.2. The van der Waals surface area contributed by atoms with Crippen LogP contribution in [-0.2, 0) is 0 Å². The Hall–Kier alpha value is -5.54. The molecule has 7 aromatic carbocycles. The quantitative estimate of drug-likeness (QED) is 0.224. The van der Waals surface area contributed by atoms with Crippen molar-refractivity contribution in [2.24, 2.45) is 9.98 Å². The largest absolute Gasteiger partial charge is 0.341 e. The Balaban J connectivity index is 1.44. The van der Waals surface area contributed by atoms with E-state index in [0.717, 1.165) is 44.7 Å². The maximum absolute atomic E-state index is 5.39. The lowest BCUT2D eigenvalue weighted by Gasteiger charge is -2.13. The smallest absolute Gasteiger partial charge is 0.162 e. The average molecular weight is 538 g/mol. The second-order valence-electron chi connectivity index (χ2n) is 10.7. The fourth-order valence-electron chi connectivity index (χ4n) is 6.19. The number of aliphatic imine (C=N–C) groups is 2. The molecule has 0 unspecified atom stereocenters. The molecule has 0 spiro atoms. The van der Waals surface area contributed by atoms with Gasteiger partial charge in [-0.25, -0.2) is 9.98 Å². The molecule has 0 radical (unpaired) electrons. The molecule has 3 heteroatoms. The number of nitrogens with one attached hydrogen (secondary N) is 1. The van der Waals surface area contributed by atoms with Crippen molar-refractivity contribution in [3.63, 3.8) is 0 Å². The number of rotatable bonds is 3. The summed E-state index contributed by atoms with van der Waals surface area (Å²) in [5.74, 6) is 1.47. The number of nitrogens with zero attached hydrogens (tertiary/aromatic N) is 2. The third kappa shape index (κ3) is 3.98. The highest BCUT2D eigenvalue weighted by atomic mass is 15.1. The highest BCUT2D eigenvalue weighted by Gasteiger charge is 2.20. The van der Waals surface area contributed by atoms with E-state index in [1.165, 1.54) is 32.3 Å². The molecule has 1 aliphatic heterocycles. The summed E-state index contributed by atoms with van der Waals surface area (Å²) in [6, 6.07) is 49.1. The monoisotopic (exact) mass is 537 g/mol. The maximum atomic E-state index is 5.39. The van der Waals surface area contributed by atoms with Crippen LogP contribution >= 0.6 is 0 Å². The van der Waals surface area contributed by atoms with E-state index in [9.17, 15) is 0 Å². The minimum Gasteiger partial charge on any atom is -0.341 e. The van der Waals surface area contributed by atoms with Crippen molar-refractivity contribution < 1.29 is 0 Å². The Bertz CT molecular complexity index is 2270. The Morgan fingerprint density at radius 1 is 0.452 bits per heavy atom. The van der Waals surface area contributed by atoms with E-state index < -0.39 is 0 Å². The van der Waals surface area contributed by atoms with E-state index >= 15 is 0 Å². The van der Waals surface area contributed by atoms with Gasteiger partial charge in [0.15, 0.2) is 5.84 Å². The van der Waals surface area contributed by atoms with Crippen LogP contribution in [0, 0.1) is 0 Å². The molecule has 0 atom stereocenters. The highest BCUT2D eigenvalue weighted by Crippen LogP contribution is 2.35. The Kier molecular flexibility index (Phi) is 5.68. The SMILES string of the molecule is CC1=C(c2cccc3ccccc23)N=C(c2cccc3ccc4c5ccccc5ccc4c23)N=C(c2ccccc2)N1. The second-order valence-corrected chi connectivity index (χ2v) is 10.7. The van der Waals surface area contributed by atoms with Crippen LogP contribution in [0.2, 0.25) is 0 Å². The predicted octanol–water partition coefficient (Wildman–Crippen LogP) is 9.48. The van der Waals surface area contributed by atoms with Gasteiger partial charge in [0.1, 0.15) is 5.84 Å². The van der Waals surface area contributed by atoms with E-state index in [4.69, 9.17) is 9.98 Å². The lowest BCUT2D eigenvalue weighted by atomic mass is 9.94. The number of hydrogen-bond acceptors (Lipinski definition) is 3. The molecule has 1 aliphatic rings. The summed E-state index contributed by atoms with van der Waals surface area (Å²) in [7, 11) is 0. The van der Waals surface area contributed by atoms with Gasteiger partial charge >= 0.3 is 0 Å². The Labute approximate surface area is 244 Å². The fourth-order valence-corrected chi connectivity index (χ4v) is 6.19. The molecular weight excluding hydrogens is 510 g/mol. The third-order valence-corrected chi connectivity index (χ3v) is 8.20. The van der Waals surface area contributed by atoms with Crippen LogP contribution in [0.25, 0.3) is 48.8 Å². The average Bonchev–Trinajstić information content (AvgIpc) is 3.23. The van der Waals surface area contributed by atoms with Gasteiger partial charge in [-0.15, -0.1) is 0 Å². The van der Waals surface area contributed by atoms with Crippen molar-refractivity contribution in [3.05, 3.63) is 162 Å². The molecule has 1 heterocycles. The fraction of sp³-hybridized carbons (Fsp3) is 0.0256. The number of amidine groups is 2. The summed E-state index contributed by atoms with van der Waals surface area (Å²) < 4.78 is 0. The maximum Gasteiger partial charge on any atom is 0.162 e. The molecule has 7 aromatic rings. The summed E-state index contributed by atoms with van der Waals surface area (Å²) in [4.78, 5) is 10.6. The van der Waals surface area contributed by atoms with Gasteiger partial charge in [-0.1, -0.05) is 140 Å². The molecule has 42 heavy (non-hydrogen) atoms. The summed E-state index contributed by atoms with van der Waals surface area (Å²) >= 11 is 0. The molecule has 0 aromatic heterocycles. The molecule has 0 fully saturated rings. The van der Waals surface area contributed by atoms with E-state index in [1.54, 1.807) is 0 Å². The minimum atomic E-state index is 0.687. The van der Waals surface area contributed by atoms with Crippen molar-refractivity contribution in [1.29, 1.82) is 0 Å². The predicted molar refractivity (Wildman–Crippen MR) is 178 cm³/mol. The van der Waals surface area contributed by atoms with Gasteiger partial charge in [0.2, 0.25) is 0 Å². The van der Waals surface area contributed by atoms with Gasteiger partial charge in [0, 0.05) is 27.8 Å². The standard InChI is InChI=1S/C39H27N3/c1-25-37(34-19-9-15-26-11-5-8-18-31(26)34)41-39(42-38(40-25)29-13-3-2-4-14-29)35-20-10-16-28-22-23-32-30-17-7-6-12-27(30)21-24-33(32)36(28)35/h2-24H,1H3,(H,40,41,42). The molecule has 198 valence electrons.